The third-order valence-corrected chi connectivity index (χ3v) is 4.47. The molecule has 2 amide bonds. The van der Waals surface area contributed by atoms with Crippen molar-refractivity contribution in [3.05, 3.63) is 0 Å². The first-order valence-corrected chi connectivity index (χ1v) is 7.31. The van der Waals surface area contributed by atoms with E-state index in [1.165, 1.54) is 0 Å². The first-order chi connectivity index (χ1) is 9.13. The van der Waals surface area contributed by atoms with Crippen LogP contribution < -0.4 is 5.32 Å². The first-order valence-electron chi connectivity index (χ1n) is 7.31. The van der Waals surface area contributed by atoms with Crippen LogP contribution in [0.25, 0.3) is 0 Å². The molecule has 19 heavy (non-hydrogen) atoms. The molecule has 0 aliphatic carbocycles. The molecule has 2 rings (SSSR count). The second kappa shape index (κ2) is 6.57. The van der Waals surface area contributed by atoms with Crippen LogP contribution in [0.4, 0.5) is 4.79 Å². The summed E-state index contributed by atoms with van der Waals surface area (Å²) in [5.41, 5.74) is 0. The predicted molar refractivity (Wildman–Crippen MR) is 73.1 cm³/mol. The minimum atomic E-state index is -0.0388. The Morgan fingerprint density at radius 1 is 1.47 bits per heavy atom. The number of hydrogen-bond acceptors (Lipinski definition) is 3. The smallest absolute Gasteiger partial charge is 0.318 e. The molecule has 0 aromatic heterocycles. The summed E-state index contributed by atoms with van der Waals surface area (Å²) in [6.07, 6.45) is 3.25. The van der Waals surface area contributed by atoms with E-state index in [2.05, 4.69) is 19.2 Å². The largest absolute Gasteiger partial charge is 0.382 e. The lowest BCUT2D eigenvalue weighted by Gasteiger charge is -2.29. The Morgan fingerprint density at radius 2 is 2.26 bits per heavy atom. The van der Waals surface area contributed by atoms with Gasteiger partial charge < -0.3 is 19.7 Å². The second-order valence-electron chi connectivity index (χ2n) is 5.76. The molecule has 2 saturated heterocycles. The van der Waals surface area contributed by atoms with E-state index in [1.54, 1.807) is 7.11 Å². The molecule has 0 saturated carbocycles. The summed E-state index contributed by atoms with van der Waals surface area (Å²) in [5.74, 6) is 0.578. The molecule has 4 unspecified atom stereocenters. The average molecular weight is 270 g/mol. The van der Waals surface area contributed by atoms with Crippen molar-refractivity contribution in [3.63, 3.8) is 0 Å². The van der Waals surface area contributed by atoms with E-state index >= 15 is 0 Å². The Hall–Kier alpha value is -0.810. The van der Waals surface area contributed by atoms with Gasteiger partial charge in [-0.25, -0.2) is 4.79 Å². The number of rotatable bonds is 4. The molecular formula is C14H26N2O3. The lowest BCUT2D eigenvalue weighted by molar-refractivity contribution is 0.0444. The minimum absolute atomic E-state index is 0.0226. The van der Waals surface area contributed by atoms with Crippen LogP contribution in [0.3, 0.4) is 0 Å². The summed E-state index contributed by atoms with van der Waals surface area (Å²) in [5, 5.41) is 3.09. The third-order valence-electron chi connectivity index (χ3n) is 4.47. The van der Waals surface area contributed by atoms with Gasteiger partial charge in [-0.1, -0.05) is 6.92 Å². The van der Waals surface area contributed by atoms with Gasteiger partial charge in [0.15, 0.2) is 0 Å². The van der Waals surface area contributed by atoms with Crippen molar-refractivity contribution in [1.82, 2.24) is 10.2 Å². The second-order valence-corrected chi connectivity index (χ2v) is 5.76. The van der Waals surface area contributed by atoms with Crippen molar-refractivity contribution in [2.45, 2.75) is 51.3 Å². The molecule has 4 atom stereocenters. The van der Waals surface area contributed by atoms with E-state index in [9.17, 15) is 4.79 Å². The molecule has 5 heteroatoms. The van der Waals surface area contributed by atoms with E-state index < -0.39 is 0 Å². The highest BCUT2D eigenvalue weighted by Crippen LogP contribution is 2.23. The lowest BCUT2D eigenvalue weighted by atomic mass is 10.1. The van der Waals surface area contributed by atoms with Gasteiger partial charge in [-0.15, -0.1) is 0 Å². The van der Waals surface area contributed by atoms with Crippen molar-refractivity contribution in [2.24, 2.45) is 5.92 Å². The molecule has 0 bridgehead atoms. The van der Waals surface area contributed by atoms with E-state index in [-0.39, 0.29) is 18.2 Å². The normalized spacial score (nSPS) is 32.6. The first kappa shape index (κ1) is 14.6. The maximum absolute atomic E-state index is 12.3. The highest BCUT2D eigenvalue weighted by atomic mass is 16.5. The molecule has 0 aromatic carbocycles. The van der Waals surface area contributed by atoms with E-state index in [0.29, 0.717) is 18.6 Å². The summed E-state index contributed by atoms with van der Waals surface area (Å²) >= 11 is 0. The van der Waals surface area contributed by atoms with Gasteiger partial charge in [0.2, 0.25) is 0 Å². The van der Waals surface area contributed by atoms with Gasteiger partial charge in [0.05, 0.1) is 18.8 Å². The van der Waals surface area contributed by atoms with E-state index in [4.69, 9.17) is 9.47 Å². The summed E-state index contributed by atoms with van der Waals surface area (Å²) in [7, 11) is 1.66. The number of likely N-dealkylation sites (tertiary alicyclic amines) is 1. The Morgan fingerprint density at radius 3 is 2.79 bits per heavy atom. The van der Waals surface area contributed by atoms with Crippen molar-refractivity contribution in [2.75, 3.05) is 26.9 Å². The van der Waals surface area contributed by atoms with Gasteiger partial charge in [-0.3, -0.25) is 0 Å². The lowest BCUT2D eigenvalue weighted by Crippen LogP contribution is -2.52. The Kier molecular flexibility index (Phi) is 5.05. The van der Waals surface area contributed by atoms with Crippen molar-refractivity contribution >= 4 is 6.03 Å². The maximum Gasteiger partial charge on any atom is 0.318 e. The molecule has 0 aromatic rings. The van der Waals surface area contributed by atoms with Crippen LogP contribution in [0, 0.1) is 5.92 Å². The number of amides is 2. The fourth-order valence-corrected chi connectivity index (χ4v) is 2.96. The van der Waals surface area contributed by atoms with Crippen LogP contribution in [0.5, 0.6) is 0 Å². The molecule has 0 radical (unpaired) electrons. The molecule has 2 aliphatic heterocycles. The number of nitrogens with one attached hydrogen (secondary N) is 1. The average Bonchev–Trinajstić information content (AvgIpc) is 3.01. The fraction of sp³-hybridized carbons (Fsp3) is 0.929. The SMILES string of the molecule is COCC(NC(=O)N1CCC(C)C1C)C1CCCO1. The van der Waals surface area contributed by atoms with Crippen molar-refractivity contribution in [3.8, 4) is 0 Å². The highest BCUT2D eigenvalue weighted by molar-refractivity contribution is 5.75. The van der Waals surface area contributed by atoms with Crippen LogP contribution in [0.1, 0.15) is 33.1 Å². The van der Waals surface area contributed by atoms with Crippen LogP contribution in [-0.4, -0.2) is 56.0 Å². The van der Waals surface area contributed by atoms with Crippen LogP contribution >= 0.6 is 0 Å². The topological polar surface area (TPSA) is 50.8 Å². The zero-order valence-electron chi connectivity index (χ0n) is 12.2. The molecule has 0 spiro atoms. The van der Waals surface area contributed by atoms with Crippen LogP contribution in [-0.2, 0) is 9.47 Å². The van der Waals surface area contributed by atoms with E-state index in [1.807, 2.05) is 4.90 Å². The number of carbonyl (C=O) groups excluding carboxylic acids is 1. The van der Waals surface area contributed by atoms with Gasteiger partial charge in [-0.2, -0.15) is 0 Å². The van der Waals surface area contributed by atoms with Gasteiger partial charge >= 0.3 is 6.03 Å². The Labute approximate surface area is 115 Å². The van der Waals surface area contributed by atoms with Gasteiger partial charge in [0, 0.05) is 26.3 Å². The quantitative estimate of drug-likeness (QED) is 0.844. The number of hydrogen-bond donors (Lipinski definition) is 1. The van der Waals surface area contributed by atoms with Gasteiger partial charge in [0.25, 0.3) is 0 Å². The van der Waals surface area contributed by atoms with Crippen LogP contribution in [0.2, 0.25) is 0 Å². The zero-order chi connectivity index (χ0) is 13.8. The molecule has 1 N–H and O–H groups in total. The number of carbonyl (C=O) groups is 1. The summed E-state index contributed by atoms with van der Waals surface area (Å²) < 4.78 is 10.9. The standard InChI is InChI=1S/C14H26N2O3/c1-10-6-7-16(11(10)2)14(17)15-12(9-18-3)13-5-4-8-19-13/h10-13H,4-9H2,1-3H3,(H,15,17). The molecule has 5 nitrogen and oxygen atoms in total. The maximum atomic E-state index is 12.3. The molecule has 110 valence electrons. The Bertz CT molecular complexity index is 305. The van der Waals surface area contributed by atoms with Gasteiger partial charge in [0.1, 0.15) is 0 Å². The molecular weight excluding hydrogens is 244 g/mol. The van der Waals surface area contributed by atoms with Crippen LogP contribution in [0.15, 0.2) is 0 Å². The summed E-state index contributed by atoms with van der Waals surface area (Å²) in [6.45, 7) is 6.46. The molecule has 2 heterocycles. The number of nitrogens with zero attached hydrogens (tertiary/aromatic N) is 1. The molecule has 2 aliphatic rings. The summed E-state index contributed by atoms with van der Waals surface area (Å²) in [6, 6.07) is 0.296. The minimum Gasteiger partial charge on any atom is -0.382 e. The van der Waals surface area contributed by atoms with Crippen molar-refractivity contribution in [1.29, 1.82) is 0 Å². The van der Waals surface area contributed by atoms with Crippen molar-refractivity contribution < 1.29 is 14.3 Å². The summed E-state index contributed by atoms with van der Waals surface area (Å²) in [4.78, 5) is 14.3. The number of methoxy groups -OCH3 is 1. The fourth-order valence-electron chi connectivity index (χ4n) is 2.96. The molecule has 2 fully saturated rings. The Balaban J connectivity index is 1.91. The number of ether oxygens (including phenoxy) is 2. The monoisotopic (exact) mass is 270 g/mol. The van der Waals surface area contributed by atoms with Gasteiger partial charge in [-0.05, 0) is 32.1 Å². The van der Waals surface area contributed by atoms with E-state index in [0.717, 1.165) is 32.4 Å². The third kappa shape index (κ3) is 3.39. The number of urea groups is 1. The zero-order valence-corrected chi connectivity index (χ0v) is 12.2. The predicted octanol–water partition coefficient (Wildman–Crippen LogP) is 1.62. The highest BCUT2D eigenvalue weighted by Gasteiger charge is 2.34.